The molecule has 1 atom stereocenters. The van der Waals surface area contributed by atoms with Gasteiger partial charge in [0.2, 0.25) is 5.91 Å². The highest BCUT2D eigenvalue weighted by molar-refractivity contribution is 5.87. The summed E-state index contributed by atoms with van der Waals surface area (Å²) in [6.07, 6.45) is 12.5. The van der Waals surface area contributed by atoms with Crippen LogP contribution in [-0.4, -0.2) is 78.8 Å². The molecule has 2 aliphatic heterocycles. The number of rotatable bonds is 7. The van der Waals surface area contributed by atoms with Gasteiger partial charge in [0.15, 0.2) is 0 Å². The van der Waals surface area contributed by atoms with Crippen molar-refractivity contribution >= 4 is 11.9 Å². The Balaban J connectivity index is 1.16. The lowest BCUT2D eigenvalue weighted by molar-refractivity contribution is -0.125. The molecule has 0 bridgehead atoms. The molecule has 2 saturated heterocycles. The molecule has 3 amide bonds. The van der Waals surface area contributed by atoms with E-state index in [1.165, 1.54) is 50.5 Å². The number of nitrogens with one attached hydrogen (secondary N) is 2. The Kier molecular flexibility index (Phi) is 9.98. The van der Waals surface area contributed by atoms with Crippen molar-refractivity contribution in [2.24, 2.45) is 5.92 Å². The van der Waals surface area contributed by atoms with Crippen molar-refractivity contribution in [1.29, 1.82) is 5.26 Å². The minimum atomic E-state index is -0.872. The molecule has 2 aliphatic carbocycles. The molecule has 40 heavy (non-hydrogen) atoms. The second-order valence-corrected chi connectivity index (χ2v) is 12.5. The fraction of sp³-hybridized carbons (Fsp3) is 0.719. The number of carbonyl (C=O) groups excluding carboxylic acids is 2. The summed E-state index contributed by atoms with van der Waals surface area (Å²) in [6.45, 7) is 3.76. The molecule has 1 unspecified atom stereocenters. The van der Waals surface area contributed by atoms with Gasteiger partial charge in [-0.2, -0.15) is 5.26 Å². The van der Waals surface area contributed by atoms with E-state index in [0.29, 0.717) is 63.4 Å². The zero-order valence-electron chi connectivity index (χ0n) is 24.0. The summed E-state index contributed by atoms with van der Waals surface area (Å²) < 4.78 is 5.39. The third-order valence-corrected chi connectivity index (χ3v) is 9.92. The molecule has 4 fully saturated rings. The maximum atomic E-state index is 13.7. The summed E-state index contributed by atoms with van der Waals surface area (Å²) in [6, 6.07) is 13.1. The van der Waals surface area contributed by atoms with Crippen molar-refractivity contribution in [2.45, 2.75) is 101 Å². The van der Waals surface area contributed by atoms with Crippen molar-refractivity contribution in [1.82, 2.24) is 20.4 Å². The molecule has 5 rings (SSSR count). The highest BCUT2D eigenvalue weighted by atomic mass is 16.5. The van der Waals surface area contributed by atoms with E-state index in [0.717, 1.165) is 25.9 Å². The van der Waals surface area contributed by atoms with Crippen LogP contribution in [0.25, 0.3) is 0 Å². The minimum absolute atomic E-state index is 0.203. The van der Waals surface area contributed by atoms with Crippen LogP contribution in [0.3, 0.4) is 0 Å². The molecule has 2 N–H and O–H groups in total. The van der Waals surface area contributed by atoms with Crippen LogP contribution in [0.2, 0.25) is 0 Å². The van der Waals surface area contributed by atoms with Gasteiger partial charge in [-0.25, -0.2) is 4.79 Å². The van der Waals surface area contributed by atoms with E-state index in [2.05, 4.69) is 51.9 Å². The maximum absolute atomic E-state index is 13.7. The van der Waals surface area contributed by atoms with Gasteiger partial charge in [0.1, 0.15) is 11.6 Å². The molecule has 0 aromatic heterocycles. The Morgan fingerprint density at radius 1 is 0.950 bits per heavy atom. The summed E-state index contributed by atoms with van der Waals surface area (Å²) in [7, 11) is 0. The fourth-order valence-electron chi connectivity index (χ4n) is 7.35. The first-order valence-electron chi connectivity index (χ1n) is 15.7. The minimum Gasteiger partial charge on any atom is -0.378 e. The first kappa shape index (κ1) is 28.9. The number of hydrogen-bond acceptors (Lipinski definition) is 5. The summed E-state index contributed by atoms with van der Waals surface area (Å²) >= 11 is 0. The number of urea groups is 1. The standard InChI is InChI=1S/C32H47N5O3/c33-24-32(15-17-36(18-16-32)28-13-11-27(12-14-28)26-9-5-2-6-10-26)35-30(38)29(23-25-7-3-1-4-8-25)34-31(39)37-19-21-40-22-20-37/h2,5-6,9-10,25,27-29H,1,3-4,7-8,11-23H2,(H,34,39)(H,35,38). The normalized spacial score (nSPS) is 26.8. The highest BCUT2D eigenvalue weighted by Gasteiger charge is 2.40. The van der Waals surface area contributed by atoms with E-state index in [1.54, 1.807) is 4.90 Å². The van der Waals surface area contributed by atoms with Gasteiger partial charge < -0.3 is 25.2 Å². The van der Waals surface area contributed by atoms with Gasteiger partial charge in [-0.3, -0.25) is 4.79 Å². The Bertz CT molecular complexity index is 999. The first-order valence-corrected chi connectivity index (χ1v) is 15.7. The molecule has 2 heterocycles. The van der Waals surface area contributed by atoms with Gasteiger partial charge in [0.05, 0.1) is 19.3 Å². The summed E-state index contributed by atoms with van der Waals surface area (Å²) in [5.41, 5.74) is 0.581. The number of nitrogens with zero attached hydrogens (tertiary/aromatic N) is 3. The Hall–Kier alpha value is -2.63. The van der Waals surface area contributed by atoms with Gasteiger partial charge in [-0.1, -0.05) is 62.4 Å². The average molecular weight is 550 g/mol. The Labute approximate surface area is 239 Å². The van der Waals surface area contributed by atoms with E-state index >= 15 is 0 Å². The second-order valence-electron chi connectivity index (χ2n) is 12.5. The number of piperidine rings is 1. The molecular weight excluding hydrogens is 502 g/mol. The topological polar surface area (TPSA) is 97.7 Å². The van der Waals surface area contributed by atoms with Crippen molar-refractivity contribution in [3.05, 3.63) is 35.9 Å². The number of hydrogen-bond donors (Lipinski definition) is 2. The molecule has 4 aliphatic rings. The molecule has 0 spiro atoms. The third kappa shape index (κ3) is 7.36. The van der Waals surface area contributed by atoms with Crippen molar-refractivity contribution < 1.29 is 14.3 Å². The van der Waals surface area contributed by atoms with E-state index in [1.807, 2.05) is 0 Å². The summed E-state index contributed by atoms with van der Waals surface area (Å²) in [5.74, 6) is 0.874. The molecule has 8 heteroatoms. The highest BCUT2D eigenvalue weighted by Crippen LogP contribution is 2.36. The van der Waals surface area contributed by atoms with Crippen molar-refractivity contribution in [2.75, 3.05) is 39.4 Å². The van der Waals surface area contributed by atoms with Crippen LogP contribution in [-0.2, 0) is 9.53 Å². The van der Waals surface area contributed by atoms with Crippen LogP contribution < -0.4 is 10.6 Å². The monoisotopic (exact) mass is 549 g/mol. The van der Waals surface area contributed by atoms with Gasteiger partial charge in [-0.05, 0) is 62.3 Å². The van der Waals surface area contributed by atoms with Crippen LogP contribution in [0.4, 0.5) is 4.79 Å². The first-order chi connectivity index (χ1) is 19.5. The Morgan fingerprint density at radius 3 is 2.27 bits per heavy atom. The third-order valence-electron chi connectivity index (χ3n) is 9.92. The molecule has 218 valence electrons. The number of likely N-dealkylation sites (tertiary alicyclic amines) is 1. The lowest BCUT2D eigenvalue weighted by atomic mass is 9.80. The second kappa shape index (κ2) is 13.8. The lowest BCUT2D eigenvalue weighted by Gasteiger charge is -2.44. The fourth-order valence-corrected chi connectivity index (χ4v) is 7.35. The summed E-state index contributed by atoms with van der Waals surface area (Å²) in [4.78, 5) is 31.0. The van der Waals surface area contributed by atoms with Crippen LogP contribution in [0.5, 0.6) is 0 Å². The van der Waals surface area contributed by atoms with Crippen LogP contribution in [0, 0.1) is 17.2 Å². The summed E-state index contributed by atoms with van der Waals surface area (Å²) in [5, 5.41) is 16.4. The Morgan fingerprint density at radius 2 is 1.62 bits per heavy atom. The van der Waals surface area contributed by atoms with E-state index in [9.17, 15) is 14.9 Å². The van der Waals surface area contributed by atoms with Gasteiger partial charge in [-0.15, -0.1) is 0 Å². The molecular formula is C32H47N5O3. The zero-order chi connectivity index (χ0) is 27.8. The van der Waals surface area contributed by atoms with Crippen molar-refractivity contribution in [3.8, 4) is 6.07 Å². The largest absolute Gasteiger partial charge is 0.378 e. The van der Waals surface area contributed by atoms with Crippen LogP contribution >= 0.6 is 0 Å². The predicted molar refractivity (Wildman–Crippen MR) is 155 cm³/mol. The van der Waals surface area contributed by atoms with E-state index in [4.69, 9.17) is 4.74 Å². The lowest BCUT2D eigenvalue weighted by Crippen LogP contribution is -2.61. The van der Waals surface area contributed by atoms with Crippen LogP contribution in [0.15, 0.2) is 30.3 Å². The average Bonchev–Trinajstić information content (AvgIpc) is 3.02. The van der Waals surface area contributed by atoms with Crippen LogP contribution in [0.1, 0.15) is 88.5 Å². The quantitative estimate of drug-likeness (QED) is 0.519. The smallest absolute Gasteiger partial charge is 0.318 e. The number of nitriles is 1. The van der Waals surface area contributed by atoms with Crippen molar-refractivity contribution in [3.63, 3.8) is 0 Å². The number of amides is 3. The number of carbonyl (C=O) groups is 2. The van der Waals surface area contributed by atoms with Gasteiger partial charge >= 0.3 is 6.03 Å². The van der Waals surface area contributed by atoms with E-state index in [-0.39, 0.29) is 11.9 Å². The van der Waals surface area contributed by atoms with Gasteiger partial charge in [0.25, 0.3) is 0 Å². The molecule has 1 aromatic rings. The SMILES string of the molecule is N#CC1(NC(=O)C(CC2CCCCC2)NC(=O)N2CCOCC2)CCN(C2CCC(c3ccccc3)CC2)CC1. The zero-order valence-corrected chi connectivity index (χ0v) is 24.0. The number of morpholine rings is 1. The maximum Gasteiger partial charge on any atom is 0.318 e. The molecule has 1 aromatic carbocycles. The van der Waals surface area contributed by atoms with Gasteiger partial charge in [0, 0.05) is 32.2 Å². The molecule has 0 radical (unpaired) electrons. The molecule has 8 nitrogen and oxygen atoms in total. The van der Waals surface area contributed by atoms with E-state index < -0.39 is 11.6 Å². The molecule has 2 saturated carbocycles. The predicted octanol–water partition coefficient (Wildman–Crippen LogP) is 4.57. The number of ether oxygens (including phenoxy) is 1. The number of benzene rings is 1.